The Labute approximate surface area is 298 Å². The molecule has 0 aliphatic carbocycles. The molecule has 2 aliphatic rings. The van der Waals surface area contributed by atoms with E-state index in [0.717, 1.165) is 22.3 Å². The summed E-state index contributed by atoms with van der Waals surface area (Å²) in [7, 11) is -5.45. The molecule has 0 radical (unpaired) electrons. The smallest absolute Gasteiger partial charge is 0.218 e. The van der Waals surface area contributed by atoms with Crippen molar-refractivity contribution in [2.45, 2.75) is 62.7 Å². The second kappa shape index (κ2) is 17.9. The van der Waals surface area contributed by atoms with Crippen molar-refractivity contribution in [1.82, 2.24) is 0 Å². The lowest BCUT2D eigenvalue weighted by Crippen LogP contribution is -2.58. The predicted octanol–water partition coefficient (Wildman–Crippen LogP) is 5.97. The van der Waals surface area contributed by atoms with Crippen LogP contribution in [0.4, 0.5) is 0 Å². The Morgan fingerprint density at radius 2 is 1.28 bits per heavy atom. The van der Waals surface area contributed by atoms with E-state index in [9.17, 15) is 13.0 Å². The van der Waals surface area contributed by atoms with Gasteiger partial charge in [0, 0.05) is 11.5 Å². The van der Waals surface area contributed by atoms with Gasteiger partial charge in [-0.1, -0.05) is 128 Å². The fraction of sp³-hybridized carbons (Fsp3) is 0.385. The van der Waals surface area contributed by atoms with Crippen molar-refractivity contribution in [2.24, 2.45) is 5.92 Å². The predicted molar refractivity (Wildman–Crippen MR) is 191 cm³/mol. The summed E-state index contributed by atoms with van der Waals surface area (Å²) < 4.78 is 72.7. The summed E-state index contributed by atoms with van der Waals surface area (Å²) in [5.41, 5.74) is 4.00. The Morgan fingerprint density at radius 1 is 0.740 bits per heavy atom. The zero-order valence-corrected chi connectivity index (χ0v) is 29.7. The third-order valence-electron chi connectivity index (χ3n) is 9.08. The number of benzene rings is 4. The number of ether oxygens (including phenoxy) is 5. The second-order valence-corrected chi connectivity index (χ2v) is 16.0. The minimum Gasteiger partial charge on any atom is -0.726 e. The van der Waals surface area contributed by atoms with Gasteiger partial charge in [-0.15, -0.1) is 0 Å². The highest BCUT2D eigenvalue weighted by Gasteiger charge is 2.52. The van der Waals surface area contributed by atoms with Crippen molar-refractivity contribution < 1.29 is 40.8 Å². The van der Waals surface area contributed by atoms with Gasteiger partial charge in [0.1, 0.15) is 35.1 Å². The molecule has 2 fully saturated rings. The molecule has 266 valence electrons. The van der Waals surface area contributed by atoms with Crippen molar-refractivity contribution in [3.05, 3.63) is 144 Å². The zero-order chi connectivity index (χ0) is 34.8. The van der Waals surface area contributed by atoms with Crippen LogP contribution in [0.2, 0.25) is 0 Å². The monoisotopic (exact) mass is 720 g/mol. The maximum atomic E-state index is 11.8. The van der Waals surface area contributed by atoms with Gasteiger partial charge in [0.2, 0.25) is 10.4 Å². The van der Waals surface area contributed by atoms with E-state index in [0.29, 0.717) is 37.9 Å². The largest absolute Gasteiger partial charge is 0.726 e. The van der Waals surface area contributed by atoms with E-state index in [2.05, 4.69) is 6.92 Å². The van der Waals surface area contributed by atoms with E-state index in [4.69, 9.17) is 27.9 Å². The molecule has 0 amide bonds. The minimum atomic E-state index is -5.02. The van der Waals surface area contributed by atoms with E-state index in [1.54, 1.807) is 0 Å². The van der Waals surface area contributed by atoms with E-state index < -0.39 is 39.8 Å². The number of hydrogen-bond acceptors (Lipinski definition) is 9. The Balaban J connectivity index is 1.27. The van der Waals surface area contributed by atoms with E-state index in [-0.39, 0.29) is 30.0 Å². The molecule has 2 aliphatic heterocycles. The van der Waals surface area contributed by atoms with Gasteiger partial charge in [-0.25, -0.2) is 8.42 Å². The highest BCUT2D eigenvalue weighted by atomic mass is 32.3. The van der Waals surface area contributed by atoms with E-state index in [1.165, 1.54) is 0 Å². The molecule has 6 rings (SSSR count). The summed E-state index contributed by atoms with van der Waals surface area (Å²) in [4.78, 5) is 0. The van der Waals surface area contributed by atoms with Gasteiger partial charge in [0.15, 0.2) is 6.29 Å². The first-order chi connectivity index (χ1) is 24.3. The molecular formula is C39H44O9S2. The Bertz CT molecular complexity index is 1680. The first kappa shape index (κ1) is 36.7. The Hall–Kier alpha value is -3.10. The molecule has 0 saturated carbocycles. The lowest BCUT2D eigenvalue weighted by atomic mass is 9.95. The van der Waals surface area contributed by atoms with Crippen molar-refractivity contribution in [1.29, 1.82) is 0 Å². The molecule has 8 atom stereocenters. The van der Waals surface area contributed by atoms with Crippen LogP contribution < -0.4 is 0 Å². The molecule has 2 unspecified atom stereocenters. The van der Waals surface area contributed by atoms with Gasteiger partial charge in [0.25, 0.3) is 0 Å². The SMILES string of the molecule is C[C@H]1[C@H](OCc2ccccc2)[C@@H](OCc2ccccc2)C[S+](C[C@@H]2OC(c3ccccc3)OC[C@H]2OS(=O)(=O)[O-])[C@@H]1COCc1ccccc1. The van der Waals surface area contributed by atoms with E-state index in [1.807, 2.05) is 121 Å². The molecule has 11 heteroatoms. The van der Waals surface area contributed by atoms with Gasteiger partial charge in [0.05, 0.1) is 39.1 Å². The molecule has 9 nitrogen and oxygen atoms in total. The van der Waals surface area contributed by atoms with Gasteiger partial charge >= 0.3 is 0 Å². The fourth-order valence-corrected chi connectivity index (χ4v) is 10.1. The van der Waals surface area contributed by atoms with Gasteiger partial charge in [-0.3, -0.25) is 4.18 Å². The fourth-order valence-electron chi connectivity index (χ4n) is 6.50. The molecule has 0 aromatic heterocycles. The average molecular weight is 721 g/mol. The molecule has 2 saturated heterocycles. The summed E-state index contributed by atoms with van der Waals surface area (Å²) in [5, 5.41) is 0.0159. The first-order valence-corrected chi connectivity index (χ1v) is 19.8. The van der Waals surface area contributed by atoms with E-state index >= 15 is 0 Å². The minimum absolute atomic E-state index is 0.000266. The molecular weight excluding hydrogens is 677 g/mol. The first-order valence-electron chi connectivity index (χ1n) is 16.9. The quantitative estimate of drug-likeness (QED) is 0.0833. The topological polar surface area (TPSA) is 113 Å². The van der Waals surface area contributed by atoms with Crippen LogP contribution in [-0.4, -0.2) is 67.4 Å². The number of hydrogen-bond donors (Lipinski definition) is 0. The van der Waals surface area contributed by atoms with Crippen LogP contribution in [0.3, 0.4) is 0 Å². The summed E-state index contributed by atoms with van der Waals surface area (Å²) >= 11 is 0. The van der Waals surface area contributed by atoms with Crippen molar-refractivity contribution >= 4 is 21.3 Å². The van der Waals surface area contributed by atoms with Gasteiger partial charge in [-0.05, 0) is 27.6 Å². The maximum absolute atomic E-state index is 11.8. The lowest BCUT2D eigenvalue weighted by Gasteiger charge is -2.42. The lowest BCUT2D eigenvalue weighted by molar-refractivity contribution is -0.245. The second-order valence-electron chi connectivity index (χ2n) is 12.7. The third-order valence-corrected chi connectivity index (χ3v) is 12.5. The Kier molecular flexibility index (Phi) is 13.1. The summed E-state index contributed by atoms with van der Waals surface area (Å²) in [5.74, 6) is 1.05. The zero-order valence-electron chi connectivity index (χ0n) is 28.0. The summed E-state index contributed by atoms with van der Waals surface area (Å²) in [6, 6.07) is 39.6. The summed E-state index contributed by atoms with van der Waals surface area (Å²) in [6.07, 6.45) is -3.07. The maximum Gasteiger partial charge on any atom is 0.218 e. The molecule has 0 bridgehead atoms. The van der Waals surface area contributed by atoms with Crippen LogP contribution in [0.25, 0.3) is 0 Å². The molecule has 2 heterocycles. The highest BCUT2D eigenvalue weighted by Crippen LogP contribution is 2.37. The number of rotatable bonds is 15. The Morgan fingerprint density at radius 3 is 1.86 bits per heavy atom. The van der Waals surface area contributed by atoms with Crippen LogP contribution in [-0.2, 0) is 69.0 Å². The molecule has 4 aromatic rings. The standard InChI is InChI=1S/C39H44O9S2/c1-29-37(26-43-22-30-14-6-2-7-15-30)49(27-35-34(48-50(40,41)42)25-46-39(47-35)33-20-12-5-13-21-33)28-36(44-23-31-16-8-3-9-17-31)38(29)45-24-32-18-10-4-11-19-32/h2-21,29,34-39H,22-28H2,1H3/t29-,34-,35+,36+,37-,38+,39?,49?/m1/s1. The highest BCUT2D eigenvalue weighted by molar-refractivity contribution is 7.97. The van der Waals surface area contributed by atoms with Crippen LogP contribution in [0.15, 0.2) is 121 Å². The molecule has 4 aromatic carbocycles. The van der Waals surface area contributed by atoms with Crippen LogP contribution >= 0.6 is 0 Å². The van der Waals surface area contributed by atoms with Gasteiger partial charge in [-0.2, -0.15) is 0 Å². The van der Waals surface area contributed by atoms with Crippen molar-refractivity contribution in [3.63, 3.8) is 0 Å². The van der Waals surface area contributed by atoms with Crippen molar-refractivity contribution in [2.75, 3.05) is 24.7 Å². The third kappa shape index (κ3) is 10.5. The van der Waals surface area contributed by atoms with Gasteiger partial charge < -0.3 is 28.2 Å². The van der Waals surface area contributed by atoms with Crippen LogP contribution in [0, 0.1) is 5.92 Å². The van der Waals surface area contributed by atoms with Crippen LogP contribution in [0.5, 0.6) is 0 Å². The molecule has 50 heavy (non-hydrogen) atoms. The molecule has 0 spiro atoms. The average Bonchev–Trinajstić information content (AvgIpc) is 3.13. The van der Waals surface area contributed by atoms with Crippen molar-refractivity contribution in [3.8, 4) is 0 Å². The normalized spacial score (nSPS) is 27.2. The molecule has 0 N–H and O–H groups in total. The van der Waals surface area contributed by atoms with Crippen LogP contribution in [0.1, 0.15) is 35.5 Å². The summed E-state index contributed by atoms with van der Waals surface area (Å²) in [6.45, 7) is 3.83.